The van der Waals surface area contributed by atoms with Crippen LogP contribution in [-0.2, 0) is 0 Å². The molecule has 4 nitrogen and oxygen atoms in total. The van der Waals surface area contributed by atoms with E-state index >= 15 is 0 Å². The average Bonchev–Trinajstić information content (AvgIpc) is 3.24. The van der Waals surface area contributed by atoms with Gasteiger partial charge in [0.15, 0.2) is 0 Å². The summed E-state index contributed by atoms with van der Waals surface area (Å²) in [6.45, 7) is 3.96. The van der Waals surface area contributed by atoms with E-state index in [1.54, 1.807) is 24.3 Å². The zero-order chi connectivity index (χ0) is 16.0. The van der Waals surface area contributed by atoms with Crippen molar-refractivity contribution in [1.29, 1.82) is 0 Å². The van der Waals surface area contributed by atoms with Gasteiger partial charge in [-0.3, -0.25) is 9.69 Å². The Morgan fingerprint density at radius 3 is 2.52 bits per heavy atom. The van der Waals surface area contributed by atoms with Gasteiger partial charge in [0.1, 0.15) is 0 Å². The lowest BCUT2D eigenvalue weighted by molar-refractivity contribution is -0.0199. The Morgan fingerprint density at radius 2 is 1.91 bits per heavy atom. The van der Waals surface area contributed by atoms with Crippen molar-refractivity contribution in [3.8, 4) is 0 Å². The Hall–Kier alpha value is -1.10. The third-order valence-corrected chi connectivity index (χ3v) is 5.85. The number of likely N-dealkylation sites (tertiary alicyclic amines) is 2. The van der Waals surface area contributed by atoms with E-state index in [1.807, 2.05) is 4.90 Å². The molecular weight excluding hydrogens is 312 g/mol. The van der Waals surface area contributed by atoms with Crippen LogP contribution in [0.4, 0.5) is 0 Å². The number of carbonyl (C=O) groups excluding carboxylic acids is 1. The third-order valence-electron chi connectivity index (χ3n) is 5.60. The van der Waals surface area contributed by atoms with Gasteiger partial charge in [-0.15, -0.1) is 0 Å². The van der Waals surface area contributed by atoms with Crippen molar-refractivity contribution >= 4 is 17.5 Å². The standard InChI is InChI=1S/C18H23ClN2O2/c19-16-5-3-15(4-6-16)17(23)20-11-18(12-20)7-14(10-22)9-21(18)8-13-1-2-13/h3-6,13-14,22H,1-2,7-12H2/t14-/m1/s1. The van der Waals surface area contributed by atoms with Gasteiger partial charge in [-0.05, 0) is 55.4 Å². The lowest BCUT2D eigenvalue weighted by Crippen LogP contribution is -2.69. The van der Waals surface area contributed by atoms with E-state index in [0.29, 0.717) is 16.5 Å². The Kier molecular flexibility index (Phi) is 3.87. The number of benzene rings is 1. The minimum absolute atomic E-state index is 0.0890. The van der Waals surface area contributed by atoms with Crippen molar-refractivity contribution in [3.63, 3.8) is 0 Å². The molecule has 0 aromatic heterocycles. The fourth-order valence-electron chi connectivity index (χ4n) is 4.15. The van der Waals surface area contributed by atoms with E-state index in [0.717, 1.165) is 38.5 Å². The number of halogens is 1. The minimum Gasteiger partial charge on any atom is -0.396 e. The molecule has 23 heavy (non-hydrogen) atoms. The summed E-state index contributed by atoms with van der Waals surface area (Å²) in [7, 11) is 0. The average molecular weight is 335 g/mol. The van der Waals surface area contributed by atoms with Crippen LogP contribution in [0, 0.1) is 11.8 Å². The number of aliphatic hydroxyl groups excluding tert-OH is 1. The molecule has 0 radical (unpaired) electrons. The number of aliphatic hydroxyl groups is 1. The van der Waals surface area contributed by atoms with Crippen LogP contribution in [0.15, 0.2) is 24.3 Å². The highest BCUT2D eigenvalue weighted by Crippen LogP contribution is 2.43. The van der Waals surface area contributed by atoms with Crippen LogP contribution in [0.2, 0.25) is 5.02 Å². The molecule has 4 rings (SSSR count). The van der Waals surface area contributed by atoms with Gasteiger partial charge in [-0.1, -0.05) is 11.6 Å². The third kappa shape index (κ3) is 2.88. The molecule has 1 aromatic rings. The van der Waals surface area contributed by atoms with Crippen molar-refractivity contribution in [1.82, 2.24) is 9.80 Å². The van der Waals surface area contributed by atoms with Gasteiger partial charge >= 0.3 is 0 Å². The monoisotopic (exact) mass is 334 g/mol. The van der Waals surface area contributed by atoms with Crippen LogP contribution < -0.4 is 0 Å². The zero-order valence-electron chi connectivity index (χ0n) is 13.2. The fourth-order valence-corrected chi connectivity index (χ4v) is 4.28. The molecule has 2 aliphatic heterocycles. The van der Waals surface area contributed by atoms with Gasteiger partial charge in [0.2, 0.25) is 0 Å². The predicted molar refractivity (Wildman–Crippen MR) is 89.6 cm³/mol. The number of hydrogen-bond acceptors (Lipinski definition) is 3. The molecule has 1 spiro atoms. The van der Waals surface area contributed by atoms with Crippen molar-refractivity contribution in [2.24, 2.45) is 11.8 Å². The highest BCUT2D eigenvalue weighted by molar-refractivity contribution is 6.30. The second-order valence-corrected chi connectivity index (χ2v) is 7.93. The number of carbonyl (C=O) groups is 1. The van der Waals surface area contributed by atoms with Gasteiger partial charge in [0.05, 0.1) is 5.54 Å². The van der Waals surface area contributed by atoms with Gasteiger partial charge in [0.25, 0.3) is 5.91 Å². The van der Waals surface area contributed by atoms with Crippen molar-refractivity contribution in [2.45, 2.75) is 24.8 Å². The molecule has 0 unspecified atom stereocenters. The molecular formula is C18H23ClN2O2. The zero-order valence-corrected chi connectivity index (χ0v) is 14.0. The van der Waals surface area contributed by atoms with E-state index < -0.39 is 0 Å². The smallest absolute Gasteiger partial charge is 0.253 e. The molecule has 1 atom stereocenters. The van der Waals surface area contributed by atoms with Crippen LogP contribution in [0.5, 0.6) is 0 Å². The topological polar surface area (TPSA) is 43.8 Å². The molecule has 2 saturated heterocycles. The number of hydrogen-bond donors (Lipinski definition) is 1. The Balaban J connectivity index is 1.43. The van der Waals surface area contributed by atoms with Crippen molar-refractivity contribution in [2.75, 3.05) is 32.8 Å². The normalized spacial score (nSPS) is 26.5. The van der Waals surface area contributed by atoms with E-state index in [9.17, 15) is 9.90 Å². The lowest BCUT2D eigenvalue weighted by atomic mass is 9.84. The predicted octanol–water partition coefficient (Wildman–Crippen LogP) is 2.26. The molecule has 1 amide bonds. The van der Waals surface area contributed by atoms with Crippen LogP contribution >= 0.6 is 11.6 Å². The number of nitrogens with zero attached hydrogens (tertiary/aromatic N) is 2. The maximum atomic E-state index is 12.6. The summed E-state index contributed by atoms with van der Waals surface area (Å²) in [5.74, 6) is 1.29. The summed E-state index contributed by atoms with van der Waals surface area (Å²) in [6, 6.07) is 7.12. The first-order valence-electron chi connectivity index (χ1n) is 8.50. The molecule has 0 bridgehead atoms. The van der Waals surface area contributed by atoms with Gasteiger partial charge in [-0.2, -0.15) is 0 Å². The Morgan fingerprint density at radius 1 is 1.22 bits per heavy atom. The molecule has 1 N–H and O–H groups in total. The molecule has 2 heterocycles. The molecule has 5 heteroatoms. The summed E-state index contributed by atoms with van der Waals surface area (Å²) in [6.07, 6.45) is 3.69. The summed E-state index contributed by atoms with van der Waals surface area (Å²) in [5.41, 5.74) is 0.813. The number of amides is 1. The Bertz CT molecular complexity index is 594. The highest BCUT2D eigenvalue weighted by Gasteiger charge is 2.54. The minimum atomic E-state index is 0.0890. The highest BCUT2D eigenvalue weighted by atomic mass is 35.5. The first kappa shape index (κ1) is 15.4. The number of rotatable bonds is 4. The Labute approximate surface area is 142 Å². The molecule has 1 aromatic carbocycles. The lowest BCUT2D eigenvalue weighted by Gasteiger charge is -2.53. The molecule has 1 saturated carbocycles. The van der Waals surface area contributed by atoms with Crippen LogP contribution in [0.3, 0.4) is 0 Å². The largest absolute Gasteiger partial charge is 0.396 e. The van der Waals surface area contributed by atoms with Gasteiger partial charge < -0.3 is 10.0 Å². The maximum absolute atomic E-state index is 12.6. The van der Waals surface area contributed by atoms with E-state index in [1.165, 1.54) is 12.8 Å². The first-order valence-corrected chi connectivity index (χ1v) is 8.88. The second-order valence-electron chi connectivity index (χ2n) is 7.49. The van der Waals surface area contributed by atoms with Gasteiger partial charge in [-0.25, -0.2) is 0 Å². The summed E-state index contributed by atoms with van der Waals surface area (Å²) >= 11 is 5.89. The maximum Gasteiger partial charge on any atom is 0.253 e. The summed E-state index contributed by atoms with van der Waals surface area (Å²) in [5, 5.41) is 10.2. The van der Waals surface area contributed by atoms with E-state index in [4.69, 9.17) is 11.6 Å². The summed E-state index contributed by atoms with van der Waals surface area (Å²) < 4.78 is 0. The molecule has 3 fully saturated rings. The van der Waals surface area contributed by atoms with Gasteiger partial charge in [0, 0.05) is 43.4 Å². The van der Waals surface area contributed by atoms with Crippen molar-refractivity contribution in [3.05, 3.63) is 34.9 Å². The SMILES string of the molecule is O=C(c1ccc(Cl)cc1)N1CC2(C[C@@H](CO)CN2CC2CC2)C1. The van der Waals surface area contributed by atoms with E-state index in [2.05, 4.69) is 4.90 Å². The summed E-state index contributed by atoms with van der Waals surface area (Å²) in [4.78, 5) is 17.1. The van der Waals surface area contributed by atoms with Crippen LogP contribution in [-0.4, -0.2) is 59.1 Å². The first-order chi connectivity index (χ1) is 11.1. The van der Waals surface area contributed by atoms with Crippen molar-refractivity contribution < 1.29 is 9.90 Å². The van der Waals surface area contributed by atoms with E-state index in [-0.39, 0.29) is 18.1 Å². The van der Waals surface area contributed by atoms with Crippen LogP contribution in [0.25, 0.3) is 0 Å². The molecule has 3 aliphatic rings. The molecule has 1 aliphatic carbocycles. The second kappa shape index (κ2) is 5.76. The quantitative estimate of drug-likeness (QED) is 0.918. The fraction of sp³-hybridized carbons (Fsp3) is 0.611. The van der Waals surface area contributed by atoms with Crippen LogP contribution in [0.1, 0.15) is 29.6 Å². The molecule has 124 valence electrons.